The quantitative estimate of drug-likeness (QED) is 0.429. The zero-order valence-electron chi connectivity index (χ0n) is 19.4. The van der Waals surface area contributed by atoms with Crippen molar-refractivity contribution in [2.24, 2.45) is 5.92 Å². The van der Waals surface area contributed by atoms with Gasteiger partial charge in [0.1, 0.15) is 22.7 Å². The topological polar surface area (TPSA) is 96.0 Å². The van der Waals surface area contributed by atoms with Crippen molar-refractivity contribution in [3.05, 3.63) is 35.1 Å². The smallest absolute Gasteiger partial charge is 0.226 e. The number of carbonyl (C=O) groups is 1. The fraction of sp³-hybridized carbons (Fsp3) is 0.440. The summed E-state index contributed by atoms with van der Waals surface area (Å²) in [6.45, 7) is 5.85. The highest BCUT2D eigenvalue weighted by molar-refractivity contribution is 7.19. The second-order valence-electron chi connectivity index (χ2n) is 9.48. The molecule has 1 fully saturated rings. The minimum Gasteiger partial charge on any atom is -0.489 e. The van der Waals surface area contributed by atoms with E-state index in [1.807, 2.05) is 26.0 Å². The van der Waals surface area contributed by atoms with Crippen molar-refractivity contribution in [3.8, 4) is 5.75 Å². The Hall–Kier alpha value is -3.20. The molecule has 1 amide bonds. The first-order valence-corrected chi connectivity index (χ1v) is 12.8. The Labute approximate surface area is 201 Å². The predicted molar refractivity (Wildman–Crippen MR) is 134 cm³/mol. The third kappa shape index (κ3) is 3.77. The summed E-state index contributed by atoms with van der Waals surface area (Å²) in [5.74, 6) is 1.94. The number of fused-ring (bicyclic) bond motifs is 4. The number of carbonyl (C=O) groups excluding carboxylic acids is 1. The Kier molecular flexibility index (Phi) is 5.36. The fourth-order valence-corrected chi connectivity index (χ4v) is 6.43. The van der Waals surface area contributed by atoms with Crippen LogP contribution in [0.5, 0.6) is 5.75 Å². The molecule has 4 aromatic rings. The van der Waals surface area contributed by atoms with E-state index in [2.05, 4.69) is 30.4 Å². The molecule has 1 atom stereocenters. The molecule has 1 unspecified atom stereocenters. The monoisotopic (exact) mass is 476 g/mol. The van der Waals surface area contributed by atoms with Gasteiger partial charge in [0.25, 0.3) is 0 Å². The molecule has 9 heteroatoms. The van der Waals surface area contributed by atoms with Crippen molar-refractivity contribution < 1.29 is 9.53 Å². The van der Waals surface area contributed by atoms with Crippen LogP contribution in [0.3, 0.4) is 0 Å². The van der Waals surface area contributed by atoms with E-state index in [4.69, 9.17) is 4.74 Å². The first kappa shape index (κ1) is 21.3. The molecular formula is C25H28N6O2S. The van der Waals surface area contributed by atoms with Gasteiger partial charge in [-0.2, -0.15) is 5.10 Å². The number of nitrogens with one attached hydrogen (secondary N) is 2. The van der Waals surface area contributed by atoms with Gasteiger partial charge < -0.3 is 15.0 Å². The van der Waals surface area contributed by atoms with Crippen LogP contribution in [0.2, 0.25) is 0 Å². The molecule has 6 rings (SSSR count). The van der Waals surface area contributed by atoms with E-state index in [9.17, 15) is 4.79 Å². The van der Waals surface area contributed by atoms with Crippen molar-refractivity contribution in [2.45, 2.75) is 52.1 Å². The standard InChI is InChI=1S/C25H28N6O2S/c1-14(2)33-20-11-18-16(12-28-30-18)9-19(20)29-23-22-17-6-5-15(25(32)31-7-3-4-8-31)10-21(17)34-24(22)27-13-26-23/h9,11-15H,3-8,10H2,1-2H3,(H,28,30)(H,26,27,29). The summed E-state index contributed by atoms with van der Waals surface area (Å²) in [6, 6.07) is 4.01. The highest BCUT2D eigenvalue weighted by Crippen LogP contribution is 2.42. The average Bonchev–Trinajstić information content (AvgIpc) is 3.57. The molecule has 34 heavy (non-hydrogen) atoms. The molecule has 8 nitrogen and oxygen atoms in total. The molecule has 4 heterocycles. The first-order valence-electron chi connectivity index (χ1n) is 12.0. The van der Waals surface area contributed by atoms with E-state index in [0.29, 0.717) is 5.91 Å². The van der Waals surface area contributed by atoms with Crippen LogP contribution in [-0.4, -0.2) is 50.2 Å². The summed E-state index contributed by atoms with van der Waals surface area (Å²) in [4.78, 5) is 26.5. The second-order valence-corrected chi connectivity index (χ2v) is 10.6. The zero-order valence-corrected chi connectivity index (χ0v) is 20.2. The third-order valence-corrected chi connectivity index (χ3v) is 7.93. The van der Waals surface area contributed by atoms with Gasteiger partial charge in [-0.3, -0.25) is 9.89 Å². The third-order valence-electron chi connectivity index (χ3n) is 6.77. The van der Waals surface area contributed by atoms with Gasteiger partial charge in [0.05, 0.1) is 28.9 Å². The Morgan fingerprint density at radius 3 is 2.94 bits per heavy atom. The van der Waals surface area contributed by atoms with E-state index in [1.165, 1.54) is 10.4 Å². The number of anilines is 2. The Morgan fingerprint density at radius 1 is 1.26 bits per heavy atom. The van der Waals surface area contributed by atoms with Crippen molar-refractivity contribution >= 4 is 49.9 Å². The molecule has 0 radical (unpaired) electrons. The van der Waals surface area contributed by atoms with E-state index in [1.54, 1.807) is 23.9 Å². The van der Waals surface area contributed by atoms with Gasteiger partial charge in [0.15, 0.2) is 0 Å². The first-order chi connectivity index (χ1) is 16.6. The molecule has 1 aliphatic heterocycles. The summed E-state index contributed by atoms with van der Waals surface area (Å²) in [6.07, 6.45) is 8.26. The fourth-order valence-electron chi connectivity index (χ4n) is 5.16. The van der Waals surface area contributed by atoms with Gasteiger partial charge in [-0.05, 0) is 57.6 Å². The number of aryl methyl sites for hydroxylation is 1. The number of benzene rings is 1. The molecule has 2 aliphatic rings. The molecule has 1 saturated heterocycles. The number of aromatic nitrogens is 4. The minimum atomic E-state index is 0.0327. The molecule has 1 aliphatic carbocycles. The molecule has 0 spiro atoms. The lowest BCUT2D eigenvalue weighted by Gasteiger charge is -2.26. The number of likely N-dealkylation sites (tertiary alicyclic amines) is 1. The lowest BCUT2D eigenvalue weighted by Crippen LogP contribution is -2.36. The Morgan fingerprint density at radius 2 is 2.12 bits per heavy atom. The number of nitrogens with zero attached hydrogens (tertiary/aromatic N) is 4. The SMILES string of the molecule is CC(C)Oc1cc2[nH]ncc2cc1Nc1ncnc2sc3c(c12)CCC(C(=O)N1CCCC1)C3. The van der Waals surface area contributed by atoms with Crippen LogP contribution in [0, 0.1) is 5.92 Å². The maximum absolute atomic E-state index is 13.0. The van der Waals surface area contributed by atoms with Crippen LogP contribution in [-0.2, 0) is 17.6 Å². The number of hydrogen-bond donors (Lipinski definition) is 2. The van der Waals surface area contributed by atoms with Crippen LogP contribution in [0.15, 0.2) is 24.7 Å². The van der Waals surface area contributed by atoms with Gasteiger partial charge in [0, 0.05) is 35.3 Å². The Balaban J connectivity index is 1.35. The summed E-state index contributed by atoms with van der Waals surface area (Å²) in [5.41, 5.74) is 3.06. The molecule has 3 aromatic heterocycles. The van der Waals surface area contributed by atoms with Crippen molar-refractivity contribution in [3.63, 3.8) is 0 Å². The van der Waals surface area contributed by atoms with E-state index < -0.39 is 0 Å². The summed E-state index contributed by atoms with van der Waals surface area (Å²) >= 11 is 1.70. The summed E-state index contributed by atoms with van der Waals surface area (Å²) < 4.78 is 6.10. The van der Waals surface area contributed by atoms with Crippen LogP contribution in [0.25, 0.3) is 21.1 Å². The second kappa shape index (κ2) is 8.54. The van der Waals surface area contributed by atoms with E-state index in [0.717, 1.165) is 83.6 Å². The predicted octanol–water partition coefficient (Wildman–Crippen LogP) is 4.83. The number of ether oxygens (including phenoxy) is 1. The maximum Gasteiger partial charge on any atom is 0.226 e. The van der Waals surface area contributed by atoms with Crippen molar-refractivity contribution in [1.82, 2.24) is 25.1 Å². The van der Waals surface area contributed by atoms with Crippen LogP contribution in [0.1, 0.15) is 43.6 Å². The highest BCUT2D eigenvalue weighted by Gasteiger charge is 2.32. The maximum atomic E-state index is 13.0. The van der Waals surface area contributed by atoms with Crippen LogP contribution < -0.4 is 10.1 Å². The summed E-state index contributed by atoms with van der Waals surface area (Å²) in [7, 11) is 0. The van der Waals surface area contributed by atoms with Gasteiger partial charge in [-0.1, -0.05) is 0 Å². The Bertz CT molecular complexity index is 1370. The normalized spacial score (nSPS) is 18.1. The van der Waals surface area contributed by atoms with Gasteiger partial charge in [-0.25, -0.2) is 9.97 Å². The lowest BCUT2D eigenvalue weighted by atomic mass is 9.87. The van der Waals surface area contributed by atoms with Gasteiger partial charge in [0.2, 0.25) is 5.91 Å². The zero-order chi connectivity index (χ0) is 23.2. The molecular weight excluding hydrogens is 448 g/mol. The number of hydrogen-bond acceptors (Lipinski definition) is 7. The lowest BCUT2D eigenvalue weighted by molar-refractivity contribution is -0.134. The number of amides is 1. The van der Waals surface area contributed by atoms with Crippen molar-refractivity contribution in [1.29, 1.82) is 0 Å². The van der Waals surface area contributed by atoms with Crippen LogP contribution in [0.4, 0.5) is 11.5 Å². The molecule has 0 saturated carbocycles. The van der Waals surface area contributed by atoms with Crippen molar-refractivity contribution in [2.75, 3.05) is 18.4 Å². The van der Waals surface area contributed by atoms with E-state index >= 15 is 0 Å². The molecule has 0 bridgehead atoms. The number of rotatable bonds is 5. The minimum absolute atomic E-state index is 0.0327. The molecule has 2 N–H and O–H groups in total. The van der Waals surface area contributed by atoms with Gasteiger partial charge in [-0.15, -0.1) is 11.3 Å². The number of aromatic amines is 1. The number of thiophene rings is 1. The van der Waals surface area contributed by atoms with Crippen LogP contribution >= 0.6 is 11.3 Å². The van der Waals surface area contributed by atoms with E-state index in [-0.39, 0.29) is 12.0 Å². The number of H-pyrrole nitrogens is 1. The largest absolute Gasteiger partial charge is 0.489 e. The summed E-state index contributed by atoms with van der Waals surface area (Å²) in [5, 5.41) is 12.8. The average molecular weight is 477 g/mol. The molecule has 176 valence electrons. The van der Waals surface area contributed by atoms with Gasteiger partial charge >= 0.3 is 0 Å². The highest BCUT2D eigenvalue weighted by atomic mass is 32.1. The molecule has 1 aromatic carbocycles.